The van der Waals surface area contributed by atoms with Crippen LogP contribution in [0, 0.1) is 0 Å². The van der Waals surface area contributed by atoms with Gasteiger partial charge in [-0.25, -0.2) is 10.8 Å². The van der Waals surface area contributed by atoms with Gasteiger partial charge in [0, 0.05) is 5.69 Å². The lowest BCUT2D eigenvalue weighted by Crippen LogP contribution is -2.40. The van der Waals surface area contributed by atoms with Crippen LogP contribution in [0.2, 0.25) is 0 Å². The van der Waals surface area contributed by atoms with Crippen molar-refractivity contribution in [3.8, 4) is 0 Å². The van der Waals surface area contributed by atoms with Crippen molar-refractivity contribution >= 4 is 11.6 Å². The SMILES string of the molecule is NNC(=NC1(C(F)(F)F)CC1)Nc1ccccc1. The van der Waals surface area contributed by atoms with E-state index >= 15 is 0 Å². The van der Waals surface area contributed by atoms with Crippen molar-refractivity contribution in [3.63, 3.8) is 0 Å². The van der Waals surface area contributed by atoms with E-state index in [1.807, 2.05) is 0 Å². The average molecular weight is 258 g/mol. The molecule has 1 aliphatic carbocycles. The fraction of sp³-hybridized carbons (Fsp3) is 0.364. The molecule has 0 aromatic heterocycles. The number of nitrogens with one attached hydrogen (secondary N) is 2. The number of hydrazine groups is 1. The molecular weight excluding hydrogens is 245 g/mol. The minimum Gasteiger partial charge on any atom is -0.325 e. The van der Waals surface area contributed by atoms with E-state index in [1.54, 1.807) is 30.3 Å². The topological polar surface area (TPSA) is 62.4 Å². The molecule has 0 saturated heterocycles. The summed E-state index contributed by atoms with van der Waals surface area (Å²) in [6.07, 6.45) is -4.34. The third-order valence-electron chi connectivity index (χ3n) is 2.75. The van der Waals surface area contributed by atoms with Crippen LogP contribution in [-0.2, 0) is 0 Å². The highest BCUT2D eigenvalue weighted by atomic mass is 19.4. The molecule has 2 rings (SSSR count). The minimum atomic E-state index is -4.34. The van der Waals surface area contributed by atoms with Crippen molar-refractivity contribution in [1.29, 1.82) is 0 Å². The normalized spacial score (nSPS) is 18.3. The highest BCUT2D eigenvalue weighted by molar-refractivity contribution is 5.93. The first kappa shape index (κ1) is 12.7. The lowest BCUT2D eigenvalue weighted by molar-refractivity contribution is -0.155. The molecule has 1 aromatic carbocycles. The smallest absolute Gasteiger partial charge is 0.325 e. The Morgan fingerprint density at radius 3 is 2.28 bits per heavy atom. The zero-order chi connectivity index (χ0) is 13.2. The van der Waals surface area contributed by atoms with Gasteiger partial charge in [0.05, 0.1) is 0 Å². The van der Waals surface area contributed by atoms with Gasteiger partial charge >= 0.3 is 6.18 Å². The zero-order valence-corrected chi connectivity index (χ0v) is 9.46. The van der Waals surface area contributed by atoms with Crippen molar-refractivity contribution in [2.45, 2.75) is 24.6 Å². The van der Waals surface area contributed by atoms with Crippen molar-refractivity contribution in [3.05, 3.63) is 30.3 Å². The molecule has 0 aliphatic heterocycles. The highest BCUT2D eigenvalue weighted by Crippen LogP contribution is 2.52. The number of benzene rings is 1. The third kappa shape index (κ3) is 2.56. The fourth-order valence-electron chi connectivity index (χ4n) is 1.55. The maximum Gasteiger partial charge on any atom is 0.413 e. The predicted molar refractivity (Wildman–Crippen MR) is 62.8 cm³/mol. The molecule has 1 saturated carbocycles. The molecule has 0 atom stereocenters. The summed E-state index contributed by atoms with van der Waals surface area (Å²) in [6, 6.07) is 8.73. The number of hydrogen-bond donors (Lipinski definition) is 3. The number of hydrogen-bond acceptors (Lipinski definition) is 2. The van der Waals surface area contributed by atoms with Crippen LogP contribution in [0.15, 0.2) is 35.3 Å². The van der Waals surface area contributed by atoms with Crippen molar-refractivity contribution in [2.24, 2.45) is 10.8 Å². The molecule has 7 heteroatoms. The van der Waals surface area contributed by atoms with Gasteiger partial charge in [-0.3, -0.25) is 5.43 Å². The second kappa shape index (κ2) is 4.49. The Morgan fingerprint density at radius 1 is 1.22 bits per heavy atom. The number of halogens is 3. The van der Waals surface area contributed by atoms with Crippen LogP contribution < -0.4 is 16.6 Å². The summed E-state index contributed by atoms with van der Waals surface area (Å²) in [5.41, 5.74) is 0.800. The number of rotatable bonds is 2. The van der Waals surface area contributed by atoms with Gasteiger partial charge < -0.3 is 5.32 Å². The molecule has 1 fully saturated rings. The van der Waals surface area contributed by atoms with Crippen LogP contribution in [0.25, 0.3) is 0 Å². The lowest BCUT2D eigenvalue weighted by atomic mass is 10.3. The van der Waals surface area contributed by atoms with Gasteiger partial charge in [0.15, 0.2) is 5.54 Å². The van der Waals surface area contributed by atoms with Crippen LogP contribution in [0.4, 0.5) is 18.9 Å². The fourth-order valence-corrected chi connectivity index (χ4v) is 1.55. The summed E-state index contributed by atoms with van der Waals surface area (Å²) in [7, 11) is 0. The van der Waals surface area contributed by atoms with Gasteiger partial charge in [0.1, 0.15) is 0 Å². The highest BCUT2D eigenvalue weighted by Gasteiger charge is 2.64. The van der Waals surface area contributed by atoms with Crippen molar-refractivity contribution in [2.75, 3.05) is 5.32 Å². The van der Waals surface area contributed by atoms with E-state index < -0.39 is 11.7 Å². The first-order valence-corrected chi connectivity index (χ1v) is 5.42. The summed E-state index contributed by atoms with van der Waals surface area (Å²) >= 11 is 0. The molecular formula is C11H13F3N4. The van der Waals surface area contributed by atoms with Gasteiger partial charge in [-0.1, -0.05) is 18.2 Å². The van der Waals surface area contributed by atoms with Gasteiger partial charge in [-0.15, -0.1) is 0 Å². The Bertz CT molecular complexity index is 437. The van der Waals surface area contributed by atoms with Crippen LogP contribution in [-0.4, -0.2) is 17.7 Å². The summed E-state index contributed by atoms with van der Waals surface area (Å²) in [5, 5.41) is 2.71. The van der Waals surface area contributed by atoms with E-state index in [-0.39, 0.29) is 18.8 Å². The number of para-hydroxylation sites is 1. The minimum absolute atomic E-state index is 0.00184. The number of anilines is 1. The lowest BCUT2D eigenvalue weighted by Gasteiger charge is -2.17. The molecule has 4 nitrogen and oxygen atoms in total. The second-order valence-corrected chi connectivity index (χ2v) is 4.13. The second-order valence-electron chi connectivity index (χ2n) is 4.13. The van der Waals surface area contributed by atoms with E-state index in [0.29, 0.717) is 5.69 Å². The Labute approximate surface area is 102 Å². The molecule has 98 valence electrons. The molecule has 18 heavy (non-hydrogen) atoms. The van der Waals surface area contributed by atoms with E-state index in [9.17, 15) is 13.2 Å². The summed E-state index contributed by atoms with van der Waals surface area (Å²) in [6.45, 7) is 0. The molecule has 0 bridgehead atoms. The Morgan fingerprint density at radius 2 is 1.83 bits per heavy atom. The van der Waals surface area contributed by atoms with Gasteiger partial charge in [-0.05, 0) is 25.0 Å². The Kier molecular flexibility index (Phi) is 3.16. The van der Waals surface area contributed by atoms with Crippen LogP contribution in [0.3, 0.4) is 0 Å². The molecule has 1 aliphatic rings. The number of alkyl halides is 3. The van der Waals surface area contributed by atoms with E-state index in [1.165, 1.54) is 0 Å². The van der Waals surface area contributed by atoms with Crippen LogP contribution in [0.5, 0.6) is 0 Å². The first-order chi connectivity index (χ1) is 8.47. The van der Waals surface area contributed by atoms with E-state index in [4.69, 9.17) is 5.84 Å². The summed E-state index contributed by atoms with van der Waals surface area (Å²) in [4.78, 5) is 3.65. The number of nitrogens with zero attached hydrogens (tertiary/aromatic N) is 1. The Hall–Kier alpha value is -1.76. The first-order valence-electron chi connectivity index (χ1n) is 5.42. The Balaban J connectivity index is 2.15. The monoisotopic (exact) mass is 258 g/mol. The molecule has 0 unspecified atom stereocenters. The van der Waals surface area contributed by atoms with Gasteiger partial charge in [0.25, 0.3) is 0 Å². The quantitative estimate of drug-likeness (QED) is 0.329. The van der Waals surface area contributed by atoms with Crippen molar-refractivity contribution < 1.29 is 13.2 Å². The number of guanidine groups is 1. The summed E-state index contributed by atoms with van der Waals surface area (Å²) in [5.74, 6) is 5.10. The molecule has 0 radical (unpaired) electrons. The predicted octanol–water partition coefficient (Wildman–Crippen LogP) is 2.01. The van der Waals surface area contributed by atoms with Gasteiger partial charge in [0.2, 0.25) is 5.96 Å². The number of nitrogens with two attached hydrogens (primary N) is 1. The van der Waals surface area contributed by atoms with E-state index in [0.717, 1.165) is 0 Å². The molecule has 1 aromatic rings. The molecule has 0 heterocycles. The maximum atomic E-state index is 12.7. The third-order valence-corrected chi connectivity index (χ3v) is 2.75. The largest absolute Gasteiger partial charge is 0.413 e. The molecule has 0 amide bonds. The standard InChI is InChI=1S/C11H13F3N4/c12-11(13,14)10(6-7-10)17-9(18-15)16-8-4-2-1-3-5-8/h1-5H,6-7,15H2,(H2,16,17,18). The molecule has 0 spiro atoms. The molecule has 4 N–H and O–H groups in total. The van der Waals surface area contributed by atoms with Crippen LogP contribution >= 0.6 is 0 Å². The maximum absolute atomic E-state index is 12.7. The van der Waals surface area contributed by atoms with E-state index in [2.05, 4.69) is 15.7 Å². The van der Waals surface area contributed by atoms with Crippen LogP contribution in [0.1, 0.15) is 12.8 Å². The van der Waals surface area contributed by atoms with Crippen molar-refractivity contribution in [1.82, 2.24) is 5.43 Å². The summed E-state index contributed by atoms with van der Waals surface area (Å²) < 4.78 is 38.2. The zero-order valence-electron chi connectivity index (χ0n) is 9.46. The van der Waals surface area contributed by atoms with Gasteiger partial charge in [-0.2, -0.15) is 13.2 Å². The number of aliphatic imine (C=N–C) groups is 1. The average Bonchev–Trinajstić information content (AvgIpc) is 3.10.